The first-order valence-corrected chi connectivity index (χ1v) is 10.6. The standard InChI is InChI=1S/C26H29NO4/c1-7-20(28)24-23(18-10-14(2)26(29)15(3)11-18)16(4)27-9-8-17-12-21(30-5)22(31-6)13-19(17)25(24)27/h10-13,29H,7-9H2,1-6H3. The van der Waals surface area contributed by atoms with Crippen LogP contribution in [0.1, 0.15) is 46.1 Å². The van der Waals surface area contributed by atoms with E-state index >= 15 is 0 Å². The molecule has 1 N–H and O–H groups in total. The molecule has 0 unspecified atom stereocenters. The molecule has 31 heavy (non-hydrogen) atoms. The number of aromatic hydroxyl groups is 1. The number of phenolic OH excluding ortho intramolecular Hbond substituents is 1. The maximum absolute atomic E-state index is 13.3. The highest BCUT2D eigenvalue weighted by Gasteiger charge is 2.31. The topological polar surface area (TPSA) is 60.7 Å². The summed E-state index contributed by atoms with van der Waals surface area (Å²) in [6.07, 6.45) is 1.27. The third-order valence-corrected chi connectivity index (χ3v) is 6.37. The average molecular weight is 420 g/mol. The van der Waals surface area contributed by atoms with E-state index in [-0.39, 0.29) is 5.78 Å². The second-order valence-electron chi connectivity index (χ2n) is 8.19. The zero-order chi connectivity index (χ0) is 22.4. The number of ketones is 1. The molecular weight excluding hydrogens is 390 g/mol. The van der Waals surface area contributed by atoms with Crippen molar-refractivity contribution in [1.29, 1.82) is 0 Å². The molecular formula is C26H29NO4. The van der Waals surface area contributed by atoms with E-state index in [4.69, 9.17) is 9.47 Å². The van der Waals surface area contributed by atoms with Gasteiger partial charge >= 0.3 is 0 Å². The maximum Gasteiger partial charge on any atom is 0.165 e. The molecule has 5 heteroatoms. The Kier molecular flexibility index (Phi) is 5.29. The molecule has 0 aliphatic carbocycles. The van der Waals surface area contributed by atoms with Crippen molar-refractivity contribution in [3.63, 3.8) is 0 Å². The molecule has 1 aliphatic heterocycles. The highest BCUT2D eigenvalue weighted by Crippen LogP contribution is 2.46. The van der Waals surface area contributed by atoms with Crippen LogP contribution in [0.25, 0.3) is 22.4 Å². The van der Waals surface area contributed by atoms with Crippen LogP contribution < -0.4 is 9.47 Å². The first-order valence-electron chi connectivity index (χ1n) is 10.6. The molecule has 0 amide bonds. The van der Waals surface area contributed by atoms with Gasteiger partial charge in [-0.2, -0.15) is 0 Å². The number of carbonyl (C=O) groups is 1. The lowest BCUT2D eigenvalue weighted by Gasteiger charge is -2.23. The second-order valence-corrected chi connectivity index (χ2v) is 8.19. The Bertz CT molecular complexity index is 1180. The van der Waals surface area contributed by atoms with Crippen molar-refractivity contribution in [2.24, 2.45) is 0 Å². The minimum atomic E-state index is 0.109. The summed E-state index contributed by atoms with van der Waals surface area (Å²) in [6.45, 7) is 8.56. The van der Waals surface area contributed by atoms with Gasteiger partial charge in [0.1, 0.15) is 5.75 Å². The molecule has 3 aromatic rings. The Hall–Kier alpha value is -3.21. The van der Waals surface area contributed by atoms with Gasteiger partial charge in [0.2, 0.25) is 0 Å². The fourth-order valence-electron chi connectivity index (χ4n) is 4.78. The Balaban J connectivity index is 2.07. The van der Waals surface area contributed by atoms with Gasteiger partial charge in [-0.3, -0.25) is 4.79 Å². The van der Waals surface area contributed by atoms with Gasteiger partial charge in [-0.05, 0) is 73.7 Å². The van der Waals surface area contributed by atoms with E-state index in [2.05, 4.69) is 11.5 Å². The molecule has 0 saturated carbocycles. The third kappa shape index (κ3) is 3.19. The molecule has 2 aromatic carbocycles. The van der Waals surface area contributed by atoms with Gasteiger partial charge in [0.15, 0.2) is 17.3 Å². The molecule has 2 heterocycles. The van der Waals surface area contributed by atoms with Gasteiger partial charge < -0.3 is 19.1 Å². The van der Waals surface area contributed by atoms with E-state index in [1.807, 2.05) is 45.0 Å². The molecule has 0 atom stereocenters. The Morgan fingerprint density at radius 2 is 1.65 bits per heavy atom. The number of nitrogens with zero attached hydrogens (tertiary/aromatic N) is 1. The van der Waals surface area contributed by atoms with Crippen molar-refractivity contribution in [2.75, 3.05) is 14.2 Å². The minimum Gasteiger partial charge on any atom is -0.507 e. The van der Waals surface area contributed by atoms with Crippen molar-refractivity contribution >= 4 is 5.78 Å². The number of methoxy groups -OCH3 is 2. The van der Waals surface area contributed by atoms with Crippen molar-refractivity contribution < 1.29 is 19.4 Å². The van der Waals surface area contributed by atoms with Crippen molar-refractivity contribution in [3.8, 4) is 39.6 Å². The van der Waals surface area contributed by atoms with E-state index in [1.165, 1.54) is 0 Å². The van der Waals surface area contributed by atoms with Crippen LogP contribution in [0.4, 0.5) is 0 Å². The van der Waals surface area contributed by atoms with E-state index in [9.17, 15) is 9.90 Å². The molecule has 0 bridgehead atoms. The molecule has 4 rings (SSSR count). The molecule has 1 aliphatic rings. The summed E-state index contributed by atoms with van der Waals surface area (Å²) in [5.41, 5.74) is 8.46. The highest BCUT2D eigenvalue weighted by molar-refractivity contribution is 6.09. The van der Waals surface area contributed by atoms with E-state index in [0.29, 0.717) is 23.7 Å². The largest absolute Gasteiger partial charge is 0.507 e. The van der Waals surface area contributed by atoms with Gasteiger partial charge in [-0.15, -0.1) is 0 Å². The Labute approximate surface area is 183 Å². The number of Topliss-reactive ketones (excluding diaryl/α,β-unsaturated/α-hetero) is 1. The first-order chi connectivity index (χ1) is 14.8. The van der Waals surface area contributed by atoms with Crippen molar-refractivity contribution in [1.82, 2.24) is 4.57 Å². The van der Waals surface area contributed by atoms with E-state index in [1.54, 1.807) is 14.2 Å². The predicted octanol–water partition coefficient (Wildman–Crippen LogP) is 5.62. The lowest BCUT2D eigenvalue weighted by Crippen LogP contribution is -2.14. The second kappa shape index (κ2) is 7.80. The van der Waals surface area contributed by atoms with Crippen LogP contribution in [-0.2, 0) is 13.0 Å². The molecule has 162 valence electrons. The first kappa shape index (κ1) is 21.0. The zero-order valence-corrected chi connectivity index (χ0v) is 19.0. The summed E-state index contributed by atoms with van der Waals surface area (Å²) in [5.74, 6) is 1.77. The molecule has 1 aromatic heterocycles. The summed E-state index contributed by atoms with van der Waals surface area (Å²) < 4.78 is 13.3. The zero-order valence-electron chi connectivity index (χ0n) is 19.0. The number of ether oxygens (including phenoxy) is 2. The maximum atomic E-state index is 13.3. The van der Waals surface area contributed by atoms with Crippen LogP contribution in [0, 0.1) is 20.8 Å². The van der Waals surface area contributed by atoms with Gasteiger partial charge in [-0.1, -0.05) is 6.92 Å². The number of aromatic nitrogens is 1. The molecule has 0 radical (unpaired) electrons. The smallest absolute Gasteiger partial charge is 0.165 e. The average Bonchev–Trinajstić information content (AvgIpc) is 3.08. The van der Waals surface area contributed by atoms with Gasteiger partial charge in [-0.25, -0.2) is 0 Å². The summed E-state index contributed by atoms with van der Waals surface area (Å²) in [5, 5.41) is 10.3. The number of benzene rings is 2. The van der Waals surface area contributed by atoms with E-state index < -0.39 is 0 Å². The fraction of sp³-hybridized carbons (Fsp3) is 0.346. The van der Waals surface area contributed by atoms with Crippen LogP contribution >= 0.6 is 0 Å². The lowest BCUT2D eigenvalue weighted by molar-refractivity contribution is 0.0989. The minimum absolute atomic E-state index is 0.109. The van der Waals surface area contributed by atoms with Gasteiger partial charge in [0.25, 0.3) is 0 Å². The summed E-state index contributed by atoms with van der Waals surface area (Å²) in [6, 6.07) is 7.95. The highest BCUT2D eigenvalue weighted by atomic mass is 16.5. The Morgan fingerprint density at radius 1 is 1.03 bits per heavy atom. The predicted molar refractivity (Wildman–Crippen MR) is 123 cm³/mol. The normalized spacial score (nSPS) is 12.3. The molecule has 5 nitrogen and oxygen atoms in total. The third-order valence-electron chi connectivity index (χ3n) is 6.37. The Morgan fingerprint density at radius 3 is 2.23 bits per heavy atom. The number of aryl methyl sites for hydroxylation is 3. The lowest BCUT2D eigenvalue weighted by atomic mass is 9.90. The number of hydrogen-bond donors (Lipinski definition) is 1. The summed E-state index contributed by atoms with van der Waals surface area (Å²) in [7, 11) is 3.27. The molecule has 0 saturated heterocycles. The monoisotopic (exact) mass is 419 g/mol. The SMILES string of the molecule is CCC(=O)c1c(-c2cc(C)c(O)c(C)c2)c(C)n2c1-c1cc(OC)c(OC)cc1CC2. The van der Waals surface area contributed by atoms with Crippen LogP contribution in [0.15, 0.2) is 24.3 Å². The number of phenols is 1. The fourth-order valence-corrected chi connectivity index (χ4v) is 4.78. The van der Waals surface area contributed by atoms with Crippen LogP contribution in [0.5, 0.6) is 17.2 Å². The quantitative estimate of drug-likeness (QED) is 0.545. The molecule has 0 spiro atoms. The number of carbonyl (C=O) groups excluding carboxylic acids is 1. The number of hydrogen-bond acceptors (Lipinski definition) is 4. The summed E-state index contributed by atoms with van der Waals surface area (Å²) in [4.78, 5) is 13.3. The van der Waals surface area contributed by atoms with Gasteiger partial charge in [0.05, 0.1) is 25.5 Å². The van der Waals surface area contributed by atoms with Crippen molar-refractivity contribution in [2.45, 2.75) is 47.1 Å². The number of fused-ring (bicyclic) bond motifs is 3. The van der Waals surface area contributed by atoms with Crippen molar-refractivity contribution in [3.05, 3.63) is 52.2 Å². The van der Waals surface area contributed by atoms with E-state index in [0.717, 1.165) is 63.3 Å². The van der Waals surface area contributed by atoms with Crippen LogP contribution in [0.2, 0.25) is 0 Å². The van der Waals surface area contributed by atoms with Crippen LogP contribution in [0.3, 0.4) is 0 Å². The van der Waals surface area contributed by atoms with Gasteiger partial charge in [0, 0.05) is 29.8 Å². The molecule has 0 fully saturated rings. The summed E-state index contributed by atoms with van der Waals surface area (Å²) >= 11 is 0. The van der Waals surface area contributed by atoms with Crippen LogP contribution in [-0.4, -0.2) is 29.7 Å². The number of rotatable bonds is 5.